The van der Waals surface area contributed by atoms with Crippen LogP contribution in [0.3, 0.4) is 0 Å². The van der Waals surface area contributed by atoms with Gasteiger partial charge in [0.05, 0.1) is 16.2 Å². The second-order valence-corrected chi connectivity index (χ2v) is 10.3. The Morgan fingerprint density at radius 2 is 1.60 bits per heavy atom. The van der Waals surface area contributed by atoms with E-state index in [4.69, 9.17) is 0 Å². The molecule has 0 saturated carbocycles. The number of hydrogen-bond acceptors (Lipinski definition) is 6. The number of H-pyrrole nitrogens is 1. The molecule has 11 heteroatoms. The average Bonchev–Trinajstić information content (AvgIpc) is 3.48. The van der Waals surface area contributed by atoms with Gasteiger partial charge in [-0.25, -0.2) is 0 Å². The molecule has 4 aromatic carbocycles. The normalized spacial score (nSPS) is 11.1. The molecule has 1 heterocycles. The molecule has 0 radical (unpaired) electrons. The van der Waals surface area contributed by atoms with Crippen LogP contribution in [-0.2, 0) is 9.59 Å². The standard InChI is InChI=1S/C32H25N5O5S/c38-30(34-25-14-13-21-15-16-33-27(21)19-25)20-43-26-11-6-10-24(18-26)35-32(40)28(36-31(39)22-7-2-1-3-8-22)17-23-9-4-5-12-29(23)37(41)42/h1-19,33H,20H2,(H,34,38)(H,35,40)(H,36,39)/b28-17+. The first-order valence-electron chi connectivity index (χ1n) is 13.1. The van der Waals surface area contributed by atoms with E-state index in [1.54, 1.807) is 60.7 Å². The van der Waals surface area contributed by atoms with Crippen molar-refractivity contribution in [3.63, 3.8) is 0 Å². The van der Waals surface area contributed by atoms with E-state index < -0.39 is 16.7 Å². The minimum absolute atomic E-state index is 0.135. The highest BCUT2D eigenvalue weighted by atomic mass is 32.2. The highest BCUT2D eigenvalue weighted by Gasteiger charge is 2.18. The first-order chi connectivity index (χ1) is 20.9. The molecule has 10 nitrogen and oxygen atoms in total. The van der Waals surface area contributed by atoms with E-state index in [1.807, 2.05) is 30.5 Å². The molecule has 5 rings (SSSR count). The maximum atomic E-state index is 13.4. The Kier molecular flexibility index (Phi) is 8.93. The monoisotopic (exact) mass is 591 g/mol. The molecular weight excluding hydrogens is 566 g/mol. The van der Waals surface area contributed by atoms with Crippen LogP contribution in [0.5, 0.6) is 0 Å². The van der Waals surface area contributed by atoms with Crippen LogP contribution in [0.25, 0.3) is 17.0 Å². The summed E-state index contributed by atoms with van der Waals surface area (Å²) in [7, 11) is 0. The van der Waals surface area contributed by atoms with Gasteiger partial charge in [-0.3, -0.25) is 24.5 Å². The number of benzene rings is 4. The van der Waals surface area contributed by atoms with E-state index in [9.17, 15) is 24.5 Å². The molecule has 4 N–H and O–H groups in total. The van der Waals surface area contributed by atoms with Crippen LogP contribution in [0.4, 0.5) is 17.1 Å². The van der Waals surface area contributed by atoms with E-state index in [2.05, 4.69) is 20.9 Å². The lowest BCUT2D eigenvalue weighted by Crippen LogP contribution is -2.30. The van der Waals surface area contributed by atoms with Gasteiger partial charge in [-0.05, 0) is 66.1 Å². The number of rotatable bonds is 10. The number of carbonyl (C=O) groups is 3. The third-order valence-corrected chi connectivity index (χ3v) is 7.26. The van der Waals surface area contributed by atoms with E-state index in [0.29, 0.717) is 16.9 Å². The van der Waals surface area contributed by atoms with Crippen molar-refractivity contribution in [2.75, 3.05) is 16.4 Å². The van der Waals surface area contributed by atoms with Crippen LogP contribution < -0.4 is 16.0 Å². The lowest BCUT2D eigenvalue weighted by Gasteiger charge is -2.12. The summed E-state index contributed by atoms with van der Waals surface area (Å²) >= 11 is 1.29. The zero-order valence-corrected chi connectivity index (χ0v) is 23.4. The maximum Gasteiger partial charge on any atom is 0.276 e. The number of aromatic nitrogens is 1. The van der Waals surface area contributed by atoms with Crippen molar-refractivity contribution in [1.29, 1.82) is 0 Å². The fraction of sp³-hybridized carbons (Fsp3) is 0.0312. The molecule has 0 saturated heterocycles. The number of nitrogens with one attached hydrogen (secondary N) is 4. The SMILES string of the molecule is O=C(CSc1cccc(NC(=O)/C(=C\c2ccccc2[N+](=O)[O-])NC(=O)c2ccccc2)c1)Nc1ccc2cc[nH]c2c1. The van der Waals surface area contributed by atoms with Crippen LogP contribution in [0.2, 0.25) is 0 Å². The van der Waals surface area contributed by atoms with Gasteiger partial charge >= 0.3 is 0 Å². The van der Waals surface area contributed by atoms with E-state index in [0.717, 1.165) is 15.8 Å². The molecule has 3 amide bonds. The number of anilines is 2. The predicted molar refractivity (Wildman–Crippen MR) is 168 cm³/mol. The van der Waals surface area contributed by atoms with Crippen LogP contribution in [0, 0.1) is 10.1 Å². The van der Waals surface area contributed by atoms with E-state index in [-0.39, 0.29) is 28.6 Å². The Balaban J connectivity index is 1.29. The number of carbonyl (C=O) groups excluding carboxylic acids is 3. The van der Waals surface area contributed by atoms with E-state index in [1.165, 1.54) is 36.0 Å². The van der Waals surface area contributed by atoms with Gasteiger partial charge in [0.15, 0.2) is 0 Å². The number of hydrogen-bond donors (Lipinski definition) is 4. The predicted octanol–water partition coefficient (Wildman–Crippen LogP) is 6.22. The number of amides is 3. The Labute approximate surface area is 250 Å². The fourth-order valence-corrected chi connectivity index (χ4v) is 4.96. The summed E-state index contributed by atoms with van der Waals surface area (Å²) in [6.45, 7) is 0. The zero-order chi connectivity index (χ0) is 30.2. The van der Waals surface area contributed by atoms with Crippen LogP contribution in [0.1, 0.15) is 15.9 Å². The van der Waals surface area contributed by atoms with Gasteiger partial charge in [0.25, 0.3) is 17.5 Å². The Hall–Kier alpha value is -5.68. The van der Waals surface area contributed by atoms with Crippen molar-refractivity contribution in [3.8, 4) is 0 Å². The smallest absolute Gasteiger partial charge is 0.276 e. The topological polar surface area (TPSA) is 146 Å². The van der Waals surface area contributed by atoms with Crippen molar-refractivity contribution in [3.05, 3.63) is 136 Å². The van der Waals surface area contributed by atoms with Gasteiger partial charge in [0.2, 0.25) is 5.91 Å². The van der Waals surface area contributed by atoms with Crippen molar-refractivity contribution >= 4 is 63.5 Å². The van der Waals surface area contributed by atoms with Gasteiger partial charge < -0.3 is 20.9 Å². The quantitative estimate of drug-likeness (QED) is 0.0657. The number of nitro benzene ring substituents is 1. The van der Waals surface area contributed by atoms with Gasteiger partial charge in [-0.2, -0.15) is 0 Å². The third kappa shape index (κ3) is 7.54. The summed E-state index contributed by atoms with van der Waals surface area (Å²) < 4.78 is 0. The molecule has 0 fully saturated rings. The second-order valence-electron chi connectivity index (χ2n) is 9.29. The molecule has 1 aromatic heterocycles. The molecule has 43 heavy (non-hydrogen) atoms. The second kappa shape index (κ2) is 13.3. The Bertz CT molecular complexity index is 1850. The van der Waals surface area contributed by atoms with Crippen LogP contribution in [-0.4, -0.2) is 33.4 Å². The van der Waals surface area contributed by atoms with Crippen molar-refractivity contribution in [2.45, 2.75) is 4.90 Å². The number of thioether (sulfide) groups is 1. The molecular formula is C32H25N5O5S. The average molecular weight is 592 g/mol. The first-order valence-corrected chi connectivity index (χ1v) is 14.1. The molecule has 214 valence electrons. The van der Waals surface area contributed by atoms with Crippen LogP contribution >= 0.6 is 11.8 Å². The molecule has 0 atom stereocenters. The van der Waals surface area contributed by atoms with Crippen LogP contribution in [0.15, 0.2) is 120 Å². The number of nitrogens with zero attached hydrogens (tertiary/aromatic N) is 1. The number of nitro groups is 1. The summed E-state index contributed by atoms with van der Waals surface area (Å²) in [5, 5.41) is 20.8. The lowest BCUT2D eigenvalue weighted by atomic mass is 10.1. The lowest BCUT2D eigenvalue weighted by molar-refractivity contribution is -0.385. The number of fused-ring (bicyclic) bond motifs is 1. The number of para-hydroxylation sites is 1. The summed E-state index contributed by atoms with van der Waals surface area (Å²) in [5.74, 6) is -1.28. The molecule has 0 aliphatic rings. The Morgan fingerprint density at radius 1 is 0.837 bits per heavy atom. The minimum Gasteiger partial charge on any atom is -0.361 e. The largest absolute Gasteiger partial charge is 0.361 e. The number of aromatic amines is 1. The van der Waals surface area contributed by atoms with E-state index >= 15 is 0 Å². The summed E-state index contributed by atoms with van der Waals surface area (Å²) in [4.78, 5) is 53.7. The van der Waals surface area contributed by atoms with Crippen molar-refractivity contribution in [1.82, 2.24) is 10.3 Å². The third-order valence-electron chi connectivity index (χ3n) is 6.26. The first kappa shape index (κ1) is 28.8. The Morgan fingerprint density at radius 3 is 2.42 bits per heavy atom. The van der Waals surface area contributed by atoms with Gasteiger partial charge in [0, 0.05) is 39.6 Å². The summed E-state index contributed by atoms with van der Waals surface area (Å²) in [5.41, 5.74) is 2.08. The molecule has 0 aliphatic carbocycles. The molecule has 0 bridgehead atoms. The molecule has 0 spiro atoms. The highest BCUT2D eigenvalue weighted by molar-refractivity contribution is 8.00. The van der Waals surface area contributed by atoms with Gasteiger partial charge in [-0.1, -0.05) is 42.5 Å². The molecule has 0 unspecified atom stereocenters. The fourth-order valence-electron chi connectivity index (χ4n) is 4.21. The van der Waals surface area contributed by atoms with Crippen molar-refractivity contribution in [2.24, 2.45) is 0 Å². The zero-order valence-electron chi connectivity index (χ0n) is 22.6. The summed E-state index contributed by atoms with van der Waals surface area (Å²) in [6, 6.07) is 28.7. The molecule has 5 aromatic rings. The highest BCUT2D eigenvalue weighted by Crippen LogP contribution is 2.24. The maximum absolute atomic E-state index is 13.4. The molecule has 0 aliphatic heterocycles. The van der Waals surface area contributed by atoms with Gasteiger partial charge in [-0.15, -0.1) is 11.8 Å². The minimum atomic E-state index is -0.679. The summed E-state index contributed by atoms with van der Waals surface area (Å²) in [6.07, 6.45) is 3.10. The van der Waals surface area contributed by atoms with Crippen molar-refractivity contribution < 1.29 is 19.3 Å². The van der Waals surface area contributed by atoms with Gasteiger partial charge in [0.1, 0.15) is 5.70 Å².